The number of benzene rings is 1. The number of nitriles is 1. The van der Waals surface area contributed by atoms with Crippen LogP contribution in [0.5, 0.6) is 0 Å². The van der Waals surface area contributed by atoms with E-state index in [9.17, 15) is 8.78 Å². The van der Waals surface area contributed by atoms with Gasteiger partial charge in [0.15, 0.2) is 11.6 Å². The number of rotatable bonds is 4. The number of hydrogen-bond acceptors (Lipinski definition) is 4. The van der Waals surface area contributed by atoms with Crippen LogP contribution in [0.2, 0.25) is 0 Å². The lowest BCUT2D eigenvalue weighted by molar-refractivity contribution is 0.355. The van der Waals surface area contributed by atoms with Crippen LogP contribution in [0.3, 0.4) is 0 Å². The predicted octanol–water partition coefficient (Wildman–Crippen LogP) is 3.42. The van der Waals surface area contributed by atoms with E-state index in [-0.39, 0.29) is 11.7 Å². The normalized spacial score (nSPS) is 12.1. The standard InChI is InChI=1S/C13H11F2N3O/c1-8(3-2-6-16)13-17-12(18-19-13)9-4-5-10(14)11(15)7-9/h4-5,7-8H,2-3H2,1H3. The van der Waals surface area contributed by atoms with Crippen molar-refractivity contribution in [3.63, 3.8) is 0 Å². The molecule has 0 spiro atoms. The van der Waals surface area contributed by atoms with Crippen LogP contribution in [-0.2, 0) is 0 Å². The molecule has 2 rings (SSSR count). The Kier molecular flexibility index (Phi) is 3.85. The van der Waals surface area contributed by atoms with Crippen molar-refractivity contribution < 1.29 is 13.3 Å². The molecule has 0 aliphatic rings. The van der Waals surface area contributed by atoms with Crippen molar-refractivity contribution in [2.75, 3.05) is 0 Å². The maximum absolute atomic E-state index is 13.1. The Hall–Kier alpha value is -2.29. The lowest BCUT2D eigenvalue weighted by Gasteiger charge is -2.00. The van der Waals surface area contributed by atoms with E-state index in [0.29, 0.717) is 24.3 Å². The maximum Gasteiger partial charge on any atom is 0.229 e. The Labute approximate surface area is 108 Å². The van der Waals surface area contributed by atoms with E-state index in [1.165, 1.54) is 6.07 Å². The second kappa shape index (κ2) is 5.57. The second-order valence-electron chi connectivity index (χ2n) is 4.18. The van der Waals surface area contributed by atoms with E-state index in [4.69, 9.17) is 9.78 Å². The second-order valence-corrected chi connectivity index (χ2v) is 4.18. The first-order valence-electron chi connectivity index (χ1n) is 5.77. The lowest BCUT2D eigenvalue weighted by atomic mass is 10.1. The summed E-state index contributed by atoms with van der Waals surface area (Å²) in [6, 6.07) is 5.45. The molecule has 0 aliphatic heterocycles. The zero-order valence-corrected chi connectivity index (χ0v) is 10.2. The number of hydrogen-bond donors (Lipinski definition) is 0. The summed E-state index contributed by atoms with van der Waals surface area (Å²) in [6.45, 7) is 1.86. The molecule has 6 heteroatoms. The molecule has 0 N–H and O–H groups in total. The van der Waals surface area contributed by atoms with Crippen molar-refractivity contribution in [1.82, 2.24) is 10.1 Å². The van der Waals surface area contributed by atoms with Crippen LogP contribution >= 0.6 is 0 Å². The summed E-state index contributed by atoms with van der Waals surface area (Å²) in [5.74, 6) is -1.34. The fraction of sp³-hybridized carbons (Fsp3) is 0.308. The van der Waals surface area contributed by atoms with E-state index in [1.807, 2.05) is 13.0 Å². The molecule has 1 heterocycles. The fourth-order valence-electron chi connectivity index (χ4n) is 1.59. The minimum absolute atomic E-state index is 0.0498. The molecule has 2 aromatic rings. The van der Waals surface area contributed by atoms with Crippen LogP contribution < -0.4 is 0 Å². The molecule has 1 atom stereocenters. The van der Waals surface area contributed by atoms with Crippen LogP contribution in [0.1, 0.15) is 31.6 Å². The fourth-order valence-corrected chi connectivity index (χ4v) is 1.59. The van der Waals surface area contributed by atoms with Gasteiger partial charge in [0.1, 0.15) is 0 Å². The lowest BCUT2D eigenvalue weighted by Crippen LogP contribution is -1.93. The average Bonchev–Trinajstić information content (AvgIpc) is 2.89. The average molecular weight is 263 g/mol. The van der Waals surface area contributed by atoms with E-state index in [0.717, 1.165) is 12.1 Å². The Balaban J connectivity index is 2.21. The Bertz CT molecular complexity index is 619. The highest BCUT2D eigenvalue weighted by Gasteiger charge is 2.16. The molecule has 98 valence electrons. The summed E-state index contributed by atoms with van der Waals surface area (Å²) in [5.41, 5.74) is 0.349. The molecule has 1 aromatic heterocycles. The summed E-state index contributed by atoms with van der Waals surface area (Å²) in [7, 11) is 0. The summed E-state index contributed by atoms with van der Waals surface area (Å²) in [6.07, 6.45) is 1.000. The number of nitrogens with zero attached hydrogens (tertiary/aromatic N) is 3. The molecule has 0 aliphatic carbocycles. The van der Waals surface area contributed by atoms with Gasteiger partial charge in [-0.2, -0.15) is 10.2 Å². The molecule has 0 bridgehead atoms. The van der Waals surface area contributed by atoms with Crippen LogP contribution in [0.15, 0.2) is 22.7 Å². The van der Waals surface area contributed by atoms with Crippen molar-refractivity contribution in [2.24, 2.45) is 0 Å². The van der Waals surface area contributed by atoms with Crippen LogP contribution in [0, 0.1) is 23.0 Å². The SMILES string of the molecule is CC(CCC#N)c1nc(-c2ccc(F)c(F)c2)no1. The van der Waals surface area contributed by atoms with Gasteiger partial charge in [0.2, 0.25) is 11.7 Å². The Morgan fingerprint density at radius 2 is 2.16 bits per heavy atom. The minimum atomic E-state index is -0.957. The molecular weight excluding hydrogens is 252 g/mol. The first-order valence-corrected chi connectivity index (χ1v) is 5.77. The van der Waals surface area contributed by atoms with Crippen molar-refractivity contribution >= 4 is 0 Å². The maximum atomic E-state index is 13.1. The van der Waals surface area contributed by atoms with Crippen molar-refractivity contribution in [2.45, 2.75) is 25.7 Å². The summed E-state index contributed by atoms with van der Waals surface area (Å²) < 4.78 is 31.0. The van der Waals surface area contributed by atoms with Gasteiger partial charge in [-0.3, -0.25) is 0 Å². The highest BCUT2D eigenvalue weighted by molar-refractivity contribution is 5.54. The van der Waals surface area contributed by atoms with E-state index in [1.54, 1.807) is 0 Å². The summed E-state index contributed by atoms with van der Waals surface area (Å²) in [5, 5.41) is 12.2. The molecule has 0 saturated heterocycles. The van der Waals surface area contributed by atoms with Crippen LogP contribution in [-0.4, -0.2) is 10.1 Å². The Morgan fingerprint density at radius 3 is 2.84 bits per heavy atom. The van der Waals surface area contributed by atoms with E-state index in [2.05, 4.69) is 10.1 Å². The van der Waals surface area contributed by atoms with Crippen molar-refractivity contribution in [3.8, 4) is 17.5 Å². The highest BCUT2D eigenvalue weighted by atomic mass is 19.2. The summed E-state index contributed by atoms with van der Waals surface area (Å²) in [4.78, 5) is 4.13. The quantitative estimate of drug-likeness (QED) is 0.847. The molecule has 19 heavy (non-hydrogen) atoms. The van der Waals surface area contributed by atoms with Crippen LogP contribution in [0.25, 0.3) is 11.4 Å². The van der Waals surface area contributed by atoms with Gasteiger partial charge in [-0.25, -0.2) is 8.78 Å². The first kappa shape index (κ1) is 13.1. The molecule has 0 saturated carbocycles. The van der Waals surface area contributed by atoms with E-state index >= 15 is 0 Å². The Morgan fingerprint density at radius 1 is 1.37 bits per heavy atom. The molecule has 1 aromatic carbocycles. The van der Waals surface area contributed by atoms with Gasteiger partial charge < -0.3 is 4.52 Å². The van der Waals surface area contributed by atoms with Gasteiger partial charge in [0.05, 0.1) is 6.07 Å². The number of halogens is 2. The predicted molar refractivity (Wildman–Crippen MR) is 62.9 cm³/mol. The van der Waals surface area contributed by atoms with Gasteiger partial charge in [0, 0.05) is 17.9 Å². The van der Waals surface area contributed by atoms with Crippen LogP contribution in [0.4, 0.5) is 8.78 Å². The van der Waals surface area contributed by atoms with E-state index < -0.39 is 11.6 Å². The van der Waals surface area contributed by atoms with Gasteiger partial charge in [-0.15, -0.1) is 0 Å². The zero-order chi connectivity index (χ0) is 13.8. The van der Waals surface area contributed by atoms with Gasteiger partial charge in [-0.05, 0) is 24.6 Å². The third-order valence-corrected chi connectivity index (χ3v) is 2.73. The van der Waals surface area contributed by atoms with Gasteiger partial charge in [-0.1, -0.05) is 12.1 Å². The summed E-state index contributed by atoms with van der Waals surface area (Å²) >= 11 is 0. The highest BCUT2D eigenvalue weighted by Crippen LogP contribution is 2.23. The first-order chi connectivity index (χ1) is 9.11. The van der Waals surface area contributed by atoms with Gasteiger partial charge >= 0.3 is 0 Å². The topological polar surface area (TPSA) is 62.7 Å². The van der Waals surface area contributed by atoms with Crippen molar-refractivity contribution in [1.29, 1.82) is 5.26 Å². The van der Waals surface area contributed by atoms with Gasteiger partial charge in [0.25, 0.3) is 0 Å². The smallest absolute Gasteiger partial charge is 0.229 e. The zero-order valence-electron chi connectivity index (χ0n) is 10.2. The monoisotopic (exact) mass is 263 g/mol. The minimum Gasteiger partial charge on any atom is -0.339 e. The third-order valence-electron chi connectivity index (χ3n) is 2.73. The third kappa shape index (κ3) is 2.94. The molecule has 1 unspecified atom stereocenters. The van der Waals surface area contributed by atoms with Crippen molar-refractivity contribution in [3.05, 3.63) is 35.7 Å². The molecule has 0 fully saturated rings. The molecule has 0 radical (unpaired) electrons. The molecule has 0 amide bonds. The molecular formula is C13H11F2N3O. The molecule has 4 nitrogen and oxygen atoms in total. The number of aromatic nitrogens is 2. The largest absolute Gasteiger partial charge is 0.339 e.